The van der Waals surface area contributed by atoms with Crippen LogP contribution in [0.25, 0.3) is 0 Å². The molecule has 0 saturated heterocycles. The number of amides is 1. The van der Waals surface area contributed by atoms with E-state index in [-0.39, 0.29) is 12.5 Å². The third-order valence-electron chi connectivity index (χ3n) is 3.06. The molecule has 0 bridgehead atoms. The lowest BCUT2D eigenvalue weighted by Gasteiger charge is -2.21. The zero-order valence-electron chi connectivity index (χ0n) is 12.6. The molecule has 0 fully saturated rings. The van der Waals surface area contributed by atoms with Gasteiger partial charge in [0.1, 0.15) is 6.61 Å². The van der Waals surface area contributed by atoms with Crippen LogP contribution in [0, 0.1) is 18.8 Å². The first kappa shape index (κ1) is 16.3. The van der Waals surface area contributed by atoms with Gasteiger partial charge in [0.05, 0.1) is 0 Å². The molecule has 3 heteroatoms. The number of hydrogen-bond donors (Lipinski definition) is 1. The Kier molecular flexibility index (Phi) is 6.83. The Hall–Kier alpha value is -1.79. The molecular weight excluding hydrogens is 250 g/mol. The van der Waals surface area contributed by atoms with E-state index in [0.29, 0.717) is 5.56 Å². The van der Waals surface area contributed by atoms with E-state index < -0.39 is 0 Å². The Balaban J connectivity index is 3.02. The molecule has 0 aliphatic heterocycles. The third kappa shape index (κ3) is 4.40. The highest BCUT2D eigenvalue weighted by Gasteiger charge is 2.14. The van der Waals surface area contributed by atoms with E-state index >= 15 is 0 Å². The van der Waals surface area contributed by atoms with E-state index in [1.54, 1.807) is 0 Å². The molecule has 1 aromatic carbocycles. The maximum absolute atomic E-state index is 12.5. The summed E-state index contributed by atoms with van der Waals surface area (Å²) in [5.41, 5.74) is 2.48. The minimum absolute atomic E-state index is 0.0562. The molecule has 0 heterocycles. The summed E-state index contributed by atoms with van der Waals surface area (Å²) in [5.74, 6) is 5.58. The smallest absolute Gasteiger partial charge is 0.253 e. The van der Waals surface area contributed by atoms with E-state index in [4.69, 9.17) is 5.11 Å². The van der Waals surface area contributed by atoms with Crippen LogP contribution in [0.15, 0.2) is 18.2 Å². The summed E-state index contributed by atoms with van der Waals surface area (Å²) in [6.07, 6.45) is 1.91. The van der Waals surface area contributed by atoms with Gasteiger partial charge in [0.15, 0.2) is 0 Å². The molecule has 3 nitrogen and oxygen atoms in total. The molecule has 20 heavy (non-hydrogen) atoms. The maximum atomic E-state index is 12.5. The van der Waals surface area contributed by atoms with Crippen molar-refractivity contribution in [3.63, 3.8) is 0 Å². The second-order valence-corrected chi connectivity index (χ2v) is 4.78. The zero-order valence-corrected chi connectivity index (χ0v) is 12.6. The van der Waals surface area contributed by atoms with Gasteiger partial charge < -0.3 is 10.0 Å². The number of aliphatic hydroxyl groups is 1. The summed E-state index contributed by atoms with van der Waals surface area (Å²) < 4.78 is 0. The quantitative estimate of drug-likeness (QED) is 0.838. The number of aryl methyl sites for hydroxylation is 1. The fraction of sp³-hybridized carbons (Fsp3) is 0.471. The summed E-state index contributed by atoms with van der Waals surface area (Å²) in [6, 6.07) is 5.57. The van der Waals surface area contributed by atoms with Crippen LogP contribution in [-0.4, -0.2) is 35.6 Å². The van der Waals surface area contributed by atoms with Gasteiger partial charge in [-0.2, -0.15) is 0 Å². The van der Waals surface area contributed by atoms with Gasteiger partial charge in [-0.15, -0.1) is 0 Å². The van der Waals surface area contributed by atoms with Crippen molar-refractivity contribution in [1.29, 1.82) is 0 Å². The number of carbonyl (C=O) groups is 1. The standard InChI is InChI=1S/C17H23NO2/c1-4-10-18(11-5-2)17(20)16-9-8-14(3)15(13-16)7-6-12-19/h8-9,13,19H,4-5,10-12H2,1-3H3. The fourth-order valence-electron chi connectivity index (χ4n) is 2.06. The highest BCUT2D eigenvalue weighted by Crippen LogP contribution is 2.13. The minimum atomic E-state index is -0.171. The maximum Gasteiger partial charge on any atom is 0.253 e. The van der Waals surface area contributed by atoms with Crippen LogP contribution in [0.5, 0.6) is 0 Å². The van der Waals surface area contributed by atoms with Gasteiger partial charge in [0.25, 0.3) is 5.91 Å². The average molecular weight is 273 g/mol. The summed E-state index contributed by atoms with van der Waals surface area (Å²) >= 11 is 0. The summed E-state index contributed by atoms with van der Waals surface area (Å²) in [7, 11) is 0. The van der Waals surface area contributed by atoms with Gasteiger partial charge >= 0.3 is 0 Å². The monoisotopic (exact) mass is 273 g/mol. The van der Waals surface area contributed by atoms with Crippen molar-refractivity contribution in [1.82, 2.24) is 4.90 Å². The summed E-state index contributed by atoms with van der Waals surface area (Å²) in [6.45, 7) is 7.48. The Morgan fingerprint density at radius 2 is 1.90 bits per heavy atom. The first-order chi connectivity index (χ1) is 9.63. The predicted molar refractivity (Wildman–Crippen MR) is 81.6 cm³/mol. The largest absolute Gasteiger partial charge is 0.384 e. The molecule has 1 rings (SSSR count). The number of aliphatic hydroxyl groups excluding tert-OH is 1. The van der Waals surface area contributed by atoms with Crippen molar-refractivity contribution in [3.05, 3.63) is 34.9 Å². The van der Waals surface area contributed by atoms with Crippen molar-refractivity contribution >= 4 is 5.91 Å². The lowest BCUT2D eigenvalue weighted by molar-refractivity contribution is 0.0755. The van der Waals surface area contributed by atoms with Gasteiger partial charge in [-0.1, -0.05) is 31.8 Å². The molecule has 1 N–H and O–H groups in total. The van der Waals surface area contributed by atoms with Crippen LogP contribution in [0.2, 0.25) is 0 Å². The Morgan fingerprint density at radius 1 is 1.25 bits per heavy atom. The molecule has 1 aromatic rings. The highest BCUT2D eigenvalue weighted by atomic mass is 16.2. The second kappa shape index (κ2) is 8.39. The Bertz CT molecular complexity index is 505. The van der Waals surface area contributed by atoms with Crippen LogP contribution < -0.4 is 0 Å². The van der Waals surface area contributed by atoms with Gasteiger partial charge in [-0.05, 0) is 37.5 Å². The molecule has 1 amide bonds. The molecule has 0 aromatic heterocycles. The number of benzene rings is 1. The number of rotatable bonds is 5. The van der Waals surface area contributed by atoms with E-state index in [1.165, 1.54) is 0 Å². The van der Waals surface area contributed by atoms with Gasteiger partial charge in [-0.25, -0.2) is 0 Å². The molecule has 0 aliphatic rings. The minimum Gasteiger partial charge on any atom is -0.384 e. The second-order valence-electron chi connectivity index (χ2n) is 4.78. The number of carbonyl (C=O) groups excluding carboxylic acids is 1. The van der Waals surface area contributed by atoms with Gasteiger partial charge in [0.2, 0.25) is 0 Å². The SMILES string of the molecule is CCCN(CCC)C(=O)c1ccc(C)c(C#CCO)c1. The molecule has 0 unspecified atom stereocenters. The van der Waals surface area contributed by atoms with Crippen LogP contribution in [0.1, 0.15) is 48.2 Å². The lowest BCUT2D eigenvalue weighted by Crippen LogP contribution is -2.32. The predicted octanol–water partition coefficient (Wildman–Crippen LogP) is 2.60. The van der Waals surface area contributed by atoms with Crippen LogP contribution in [0.4, 0.5) is 0 Å². The molecular formula is C17H23NO2. The molecule has 0 saturated carbocycles. The molecule has 0 atom stereocenters. The average Bonchev–Trinajstić information content (AvgIpc) is 2.45. The Morgan fingerprint density at radius 3 is 2.45 bits per heavy atom. The van der Waals surface area contributed by atoms with E-state index in [9.17, 15) is 4.79 Å². The normalized spacial score (nSPS) is 9.80. The number of hydrogen-bond acceptors (Lipinski definition) is 2. The van der Waals surface area contributed by atoms with Gasteiger partial charge in [0, 0.05) is 24.2 Å². The number of nitrogens with zero attached hydrogens (tertiary/aromatic N) is 1. The Labute approximate surface area is 121 Å². The lowest BCUT2D eigenvalue weighted by atomic mass is 10.0. The molecule has 108 valence electrons. The van der Waals surface area contributed by atoms with E-state index in [2.05, 4.69) is 25.7 Å². The van der Waals surface area contributed by atoms with Crippen molar-refractivity contribution in [2.75, 3.05) is 19.7 Å². The van der Waals surface area contributed by atoms with Gasteiger partial charge in [-0.3, -0.25) is 4.79 Å². The van der Waals surface area contributed by atoms with Crippen LogP contribution in [0.3, 0.4) is 0 Å². The third-order valence-corrected chi connectivity index (χ3v) is 3.06. The van der Waals surface area contributed by atoms with Crippen LogP contribution >= 0.6 is 0 Å². The van der Waals surface area contributed by atoms with Crippen LogP contribution in [-0.2, 0) is 0 Å². The fourth-order valence-corrected chi connectivity index (χ4v) is 2.06. The topological polar surface area (TPSA) is 40.5 Å². The first-order valence-corrected chi connectivity index (χ1v) is 7.13. The van der Waals surface area contributed by atoms with Crippen molar-refractivity contribution in [2.24, 2.45) is 0 Å². The molecule has 0 aliphatic carbocycles. The van der Waals surface area contributed by atoms with Crippen molar-refractivity contribution < 1.29 is 9.90 Å². The summed E-state index contributed by atoms with van der Waals surface area (Å²) in [5, 5.41) is 8.78. The van der Waals surface area contributed by atoms with Crippen molar-refractivity contribution in [2.45, 2.75) is 33.6 Å². The van der Waals surface area contributed by atoms with E-state index in [0.717, 1.165) is 37.1 Å². The highest BCUT2D eigenvalue weighted by molar-refractivity contribution is 5.94. The molecule has 0 spiro atoms. The van der Waals surface area contributed by atoms with E-state index in [1.807, 2.05) is 30.0 Å². The zero-order chi connectivity index (χ0) is 15.0. The summed E-state index contributed by atoms with van der Waals surface area (Å²) in [4.78, 5) is 14.4. The van der Waals surface area contributed by atoms with Crippen molar-refractivity contribution in [3.8, 4) is 11.8 Å². The molecule has 0 radical (unpaired) electrons. The first-order valence-electron chi connectivity index (χ1n) is 7.13.